The van der Waals surface area contributed by atoms with Crippen molar-refractivity contribution in [1.29, 1.82) is 0 Å². The van der Waals surface area contributed by atoms with E-state index in [9.17, 15) is 9.90 Å². The van der Waals surface area contributed by atoms with Crippen molar-refractivity contribution in [3.63, 3.8) is 0 Å². The van der Waals surface area contributed by atoms with Gasteiger partial charge in [0.15, 0.2) is 0 Å². The summed E-state index contributed by atoms with van der Waals surface area (Å²) in [6.07, 6.45) is 5.36. The SMILES string of the molecule is CO/N=C/c1ccc(C(=O)NC2(CO)CCCC2)cc1. The number of nitrogens with one attached hydrogen (secondary N) is 1. The van der Waals surface area contributed by atoms with Crippen LogP contribution in [-0.2, 0) is 4.84 Å². The molecule has 0 atom stereocenters. The Morgan fingerprint density at radius 3 is 2.60 bits per heavy atom. The fourth-order valence-corrected chi connectivity index (χ4v) is 2.52. The summed E-state index contributed by atoms with van der Waals surface area (Å²) >= 11 is 0. The number of hydrogen-bond acceptors (Lipinski definition) is 4. The van der Waals surface area contributed by atoms with Crippen molar-refractivity contribution in [2.24, 2.45) is 5.16 Å². The Bertz CT molecular complexity index is 476. The number of nitrogens with zero attached hydrogens (tertiary/aromatic N) is 1. The van der Waals surface area contributed by atoms with Gasteiger partial charge in [-0.1, -0.05) is 30.1 Å². The molecule has 0 aromatic heterocycles. The van der Waals surface area contributed by atoms with E-state index in [4.69, 9.17) is 0 Å². The summed E-state index contributed by atoms with van der Waals surface area (Å²) < 4.78 is 0. The summed E-state index contributed by atoms with van der Waals surface area (Å²) in [4.78, 5) is 16.8. The highest BCUT2D eigenvalue weighted by molar-refractivity contribution is 5.95. The Kier molecular flexibility index (Phi) is 4.74. The van der Waals surface area contributed by atoms with Gasteiger partial charge in [0, 0.05) is 5.56 Å². The first-order valence-electron chi connectivity index (χ1n) is 6.79. The fourth-order valence-electron chi connectivity index (χ4n) is 2.52. The first kappa shape index (κ1) is 14.5. The number of amides is 1. The van der Waals surface area contributed by atoms with Crippen LogP contribution in [0.1, 0.15) is 41.6 Å². The molecule has 20 heavy (non-hydrogen) atoms. The fraction of sp³-hybridized carbons (Fsp3) is 0.467. The Morgan fingerprint density at radius 2 is 2.05 bits per heavy atom. The minimum atomic E-state index is -0.437. The first-order valence-corrected chi connectivity index (χ1v) is 6.79. The lowest BCUT2D eigenvalue weighted by Crippen LogP contribution is -2.49. The van der Waals surface area contributed by atoms with E-state index in [2.05, 4.69) is 15.3 Å². The molecule has 5 heteroatoms. The molecule has 5 nitrogen and oxygen atoms in total. The van der Waals surface area contributed by atoms with Crippen LogP contribution < -0.4 is 5.32 Å². The quantitative estimate of drug-likeness (QED) is 0.635. The van der Waals surface area contributed by atoms with Gasteiger partial charge in [0.05, 0.1) is 18.4 Å². The largest absolute Gasteiger partial charge is 0.399 e. The summed E-state index contributed by atoms with van der Waals surface area (Å²) in [5.74, 6) is -0.142. The molecule has 0 spiro atoms. The van der Waals surface area contributed by atoms with E-state index in [1.54, 1.807) is 30.5 Å². The van der Waals surface area contributed by atoms with Crippen LogP contribution in [0.4, 0.5) is 0 Å². The van der Waals surface area contributed by atoms with E-state index in [-0.39, 0.29) is 12.5 Å². The highest BCUT2D eigenvalue weighted by Crippen LogP contribution is 2.29. The van der Waals surface area contributed by atoms with Gasteiger partial charge in [-0.3, -0.25) is 4.79 Å². The number of aliphatic hydroxyl groups is 1. The zero-order valence-corrected chi connectivity index (χ0v) is 11.6. The smallest absolute Gasteiger partial charge is 0.251 e. The Morgan fingerprint density at radius 1 is 1.40 bits per heavy atom. The number of rotatable bonds is 5. The molecule has 1 aliphatic carbocycles. The molecule has 1 amide bonds. The van der Waals surface area contributed by atoms with Crippen LogP contribution in [0.3, 0.4) is 0 Å². The lowest BCUT2D eigenvalue weighted by Gasteiger charge is -2.28. The van der Waals surface area contributed by atoms with Crippen molar-refractivity contribution in [1.82, 2.24) is 5.32 Å². The van der Waals surface area contributed by atoms with E-state index < -0.39 is 5.54 Å². The van der Waals surface area contributed by atoms with Crippen LogP contribution in [0.2, 0.25) is 0 Å². The van der Waals surface area contributed by atoms with Gasteiger partial charge in [-0.15, -0.1) is 0 Å². The predicted octanol–water partition coefficient (Wildman–Crippen LogP) is 1.70. The van der Waals surface area contributed by atoms with Crippen LogP contribution in [0.5, 0.6) is 0 Å². The van der Waals surface area contributed by atoms with Crippen molar-refractivity contribution in [3.8, 4) is 0 Å². The van der Waals surface area contributed by atoms with Gasteiger partial charge in [-0.25, -0.2) is 0 Å². The maximum Gasteiger partial charge on any atom is 0.251 e. The molecular formula is C15H20N2O3. The number of carbonyl (C=O) groups excluding carboxylic acids is 1. The molecule has 0 heterocycles. The molecule has 1 aliphatic rings. The topological polar surface area (TPSA) is 70.9 Å². The van der Waals surface area contributed by atoms with Crippen molar-refractivity contribution in [2.45, 2.75) is 31.2 Å². The molecule has 2 rings (SSSR count). The van der Waals surface area contributed by atoms with Crippen LogP contribution in [0.25, 0.3) is 0 Å². The molecule has 0 bridgehead atoms. The van der Waals surface area contributed by atoms with E-state index in [0.29, 0.717) is 5.56 Å². The number of aliphatic hydroxyl groups excluding tert-OH is 1. The van der Waals surface area contributed by atoms with E-state index in [0.717, 1.165) is 31.2 Å². The Labute approximate surface area is 118 Å². The lowest BCUT2D eigenvalue weighted by atomic mass is 9.98. The highest BCUT2D eigenvalue weighted by atomic mass is 16.6. The molecule has 0 aliphatic heterocycles. The van der Waals surface area contributed by atoms with E-state index >= 15 is 0 Å². The van der Waals surface area contributed by atoms with Crippen molar-refractivity contribution in [3.05, 3.63) is 35.4 Å². The Balaban J connectivity index is 2.03. The highest BCUT2D eigenvalue weighted by Gasteiger charge is 2.34. The molecule has 108 valence electrons. The second-order valence-corrected chi connectivity index (χ2v) is 5.14. The maximum atomic E-state index is 12.2. The van der Waals surface area contributed by atoms with Gasteiger partial charge in [-0.2, -0.15) is 0 Å². The molecule has 1 aromatic rings. The average molecular weight is 276 g/mol. The van der Waals surface area contributed by atoms with E-state index in [1.807, 2.05) is 0 Å². The summed E-state index contributed by atoms with van der Waals surface area (Å²) in [7, 11) is 1.48. The van der Waals surface area contributed by atoms with Gasteiger partial charge in [0.1, 0.15) is 7.11 Å². The molecule has 1 saturated carbocycles. The molecule has 1 fully saturated rings. The van der Waals surface area contributed by atoms with Crippen LogP contribution in [-0.4, -0.2) is 36.5 Å². The third kappa shape index (κ3) is 3.36. The second kappa shape index (κ2) is 6.52. The number of benzene rings is 1. The average Bonchev–Trinajstić information content (AvgIpc) is 2.94. The third-order valence-electron chi connectivity index (χ3n) is 3.72. The molecule has 1 aromatic carbocycles. The van der Waals surface area contributed by atoms with Crippen LogP contribution in [0, 0.1) is 0 Å². The molecule has 2 N–H and O–H groups in total. The van der Waals surface area contributed by atoms with Gasteiger partial charge >= 0.3 is 0 Å². The minimum absolute atomic E-state index is 0.00266. The van der Waals surface area contributed by atoms with Gasteiger partial charge in [0.2, 0.25) is 0 Å². The summed E-state index contributed by atoms with van der Waals surface area (Å²) in [6, 6.07) is 7.09. The number of carbonyl (C=O) groups is 1. The maximum absolute atomic E-state index is 12.2. The van der Waals surface area contributed by atoms with Gasteiger partial charge < -0.3 is 15.3 Å². The number of hydrogen-bond donors (Lipinski definition) is 2. The molecule has 0 saturated heterocycles. The minimum Gasteiger partial charge on any atom is -0.399 e. The Hall–Kier alpha value is -1.88. The van der Waals surface area contributed by atoms with Crippen molar-refractivity contribution in [2.75, 3.05) is 13.7 Å². The summed E-state index contributed by atoms with van der Waals surface area (Å²) in [6.45, 7) is -0.00266. The molecule has 0 radical (unpaired) electrons. The zero-order valence-electron chi connectivity index (χ0n) is 11.6. The summed E-state index contributed by atoms with van der Waals surface area (Å²) in [5, 5.41) is 16.1. The predicted molar refractivity (Wildman–Crippen MR) is 76.8 cm³/mol. The first-order chi connectivity index (χ1) is 9.69. The third-order valence-corrected chi connectivity index (χ3v) is 3.72. The van der Waals surface area contributed by atoms with Gasteiger partial charge in [-0.05, 0) is 30.5 Å². The molecule has 0 unspecified atom stereocenters. The van der Waals surface area contributed by atoms with Crippen LogP contribution in [0.15, 0.2) is 29.4 Å². The lowest BCUT2D eigenvalue weighted by molar-refractivity contribution is 0.0838. The molecular weight excluding hydrogens is 256 g/mol. The second-order valence-electron chi connectivity index (χ2n) is 5.14. The van der Waals surface area contributed by atoms with E-state index in [1.165, 1.54) is 7.11 Å². The zero-order chi connectivity index (χ0) is 14.4. The summed E-state index contributed by atoms with van der Waals surface area (Å²) in [5.41, 5.74) is 1.01. The monoisotopic (exact) mass is 276 g/mol. The number of oxime groups is 1. The van der Waals surface area contributed by atoms with Crippen LogP contribution >= 0.6 is 0 Å². The van der Waals surface area contributed by atoms with Gasteiger partial charge in [0.25, 0.3) is 5.91 Å². The van der Waals surface area contributed by atoms with Crippen molar-refractivity contribution >= 4 is 12.1 Å². The standard InChI is InChI=1S/C15H20N2O3/c1-20-16-10-12-4-6-13(7-5-12)14(19)17-15(11-18)8-2-3-9-15/h4-7,10,18H,2-3,8-9,11H2,1H3,(H,17,19)/b16-10+. The van der Waals surface area contributed by atoms with Crippen molar-refractivity contribution < 1.29 is 14.7 Å². The normalized spacial score (nSPS) is 17.3.